The zero-order valence-electron chi connectivity index (χ0n) is 8.98. The number of ketones is 1. The van der Waals surface area contributed by atoms with Crippen LogP contribution in [0.5, 0.6) is 5.75 Å². The van der Waals surface area contributed by atoms with Crippen LogP contribution < -0.4 is 4.74 Å². The molecule has 0 radical (unpaired) electrons. The van der Waals surface area contributed by atoms with Crippen LogP contribution in [0.25, 0.3) is 0 Å². The number of hydrogen-bond acceptors (Lipinski definition) is 3. The van der Waals surface area contributed by atoms with Crippen LogP contribution in [-0.2, 0) is 0 Å². The Hall–Kier alpha value is -1.77. The maximum Gasteiger partial charge on any atom is 0.170 e. The van der Waals surface area contributed by atoms with E-state index in [9.17, 15) is 4.79 Å². The zero-order chi connectivity index (χ0) is 11.2. The summed E-state index contributed by atoms with van der Waals surface area (Å²) in [6, 6.07) is 7.46. The first-order chi connectivity index (χ1) is 7.72. The summed E-state index contributed by atoms with van der Waals surface area (Å²) in [5, 5.41) is 0. The van der Waals surface area contributed by atoms with E-state index in [1.807, 2.05) is 24.3 Å². The van der Waals surface area contributed by atoms with E-state index in [4.69, 9.17) is 4.74 Å². The summed E-state index contributed by atoms with van der Waals surface area (Å²) in [7, 11) is 0. The molecule has 2 aliphatic heterocycles. The van der Waals surface area contributed by atoms with Crippen molar-refractivity contribution in [1.82, 2.24) is 4.90 Å². The molecular weight excluding hydrogens is 202 g/mol. The van der Waals surface area contributed by atoms with Crippen LogP contribution in [0.15, 0.2) is 37.0 Å². The highest BCUT2D eigenvalue weighted by molar-refractivity contribution is 6.00. The largest absolute Gasteiger partial charge is 0.482 e. The molecule has 3 nitrogen and oxygen atoms in total. The number of nitrogens with zero attached hydrogens (tertiary/aromatic N) is 1. The topological polar surface area (TPSA) is 29.5 Å². The van der Waals surface area contributed by atoms with Crippen molar-refractivity contribution in [3.05, 3.63) is 42.6 Å². The molecule has 0 saturated carbocycles. The fourth-order valence-electron chi connectivity index (χ4n) is 2.44. The van der Waals surface area contributed by atoms with E-state index in [0.29, 0.717) is 12.0 Å². The van der Waals surface area contributed by atoms with E-state index in [-0.39, 0.29) is 11.4 Å². The van der Waals surface area contributed by atoms with Gasteiger partial charge in [0.05, 0.1) is 25.1 Å². The summed E-state index contributed by atoms with van der Waals surface area (Å²) in [6.45, 7) is 5.23. The van der Waals surface area contributed by atoms with Crippen LogP contribution in [0, 0.1) is 0 Å². The molecule has 2 aliphatic rings. The number of ether oxygens (including phenoxy) is 1. The molecule has 2 heterocycles. The number of rotatable bonds is 1. The minimum Gasteiger partial charge on any atom is -0.482 e. The first kappa shape index (κ1) is 9.46. The van der Waals surface area contributed by atoms with Gasteiger partial charge in [-0.1, -0.05) is 18.7 Å². The van der Waals surface area contributed by atoms with Crippen molar-refractivity contribution in [2.45, 2.75) is 12.0 Å². The summed E-state index contributed by atoms with van der Waals surface area (Å²) in [5.74, 6) is 0.910. The van der Waals surface area contributed by atoms with Gasteiger partial charge in [0.2, 0.25) is 0 Å². The quantitative estimate of drug-likeness (QED) is 0.716. The first-order valence-electron chi connectivity index (χ1n) is 5.40. The van der Waals surface area contributed by atoms with Crippen LogP contribution in [0.4, 0.5) is 0 Å². The Balaban J connectivity index is 1.91. The van der Waals surface area contributed by atoms with E-state index >= 15 is 0 Å². The third kappa shape index (κ3) is 1.24. The van der Waals surface area contributed by atoms with Crippen molar-refractivity contribution in [1.29, 1.82) is 0 Å². The van der Waals surface area contributed by atoms with Crippen LogP contribution in [-0.4, -0.2) is 29.4 Å². The molecule has 3 rings (SSSR count). The highest BCUT2D eigenvalue weighted by Gasteiger charge is 2.48. The predicted octanol–water partition coefficient (Wildman–Crippen LogP) is 1.85. The van der Waals surface area contributed by atoms with E-state index in [1.54, 1.807) is 6.20 Å². The van der Waals surface area contributed by atoms with Crippen molar-refractivity contribution in [2.24, 2.45) is 0 Å². The Morgan fingerprint density at radius 2 is 2.12 bits per heavy atom. The second-order valence-electron chi connectivity index (χ2n) is 4.47. The number of benzene rings is 1. The number of carbonyl (C=O) groups excluding carboxylic acids is 1. The Kier molecular flexibility index (Phi) is 1.84. The Morgan fingerprint density at radius 3 is 2.88 bits per heavy atom. The maximum atomic E-state index is 12.0. The minimum absolute atomic E-state index is 0.186. The van der Waals surface area contributed by atoms with Crippen molar-refractivity contribution < 1.29 is 9.53 Å². The van der Waals surface area contributed by atoms with E-state index in [0.717, 1.165) is 18.8 Å². The molecule has 1 aromatic carbocycles. The maximum absolute atomic E-state index is 12.0. The number of carbonyl (C=O) groups is 1. The van der Waals surface area contributed by atoms with Crippen LogP contribution in [0.3, 0.4) is 0 Å². The van der Waals surface area contributed by atoms with Gasteiger partial charge < -0.3 is 9.64 Å². The van der Waals surface area contributed by atoms with Crippen LogP contribution in [0.1, 0.15) is 16.8 Å². The lowest BCUT2D eigenvalue weighted by atomic mass is 9.84. The van der Waals surface area contributed by atoms with Crippen LogP contribution in [0.2, 0.25) is 0 Å². The van der Waals surface area contributed by atoms with Crippen molar-refractivity contribution in [3.63, 3.8) is 0 Å². The number of likely N-dealkylation sites (tertiary alicyclic amines) is 1. The Morgan fingerprint density at radius 1 is 1.38 bits per heavy atom. The van der Waals surface area contributed by atoms with E-state index in [1.165, 1.54) is 0 Å². The highest BCUT2D eigenvalue weighted by atomic mass is 16.5. The third-order valence-electron chi connectivity index (χ3n) is 3.24. The summed E-state index contributed by atoms with van der Waals surface area (Å²) < 4.78 is 5.95. The molecule has 3 heteroatoms. The van der Waals surface area contributed by atoms with Gasteiger partial charge in [0, 0.05) is 0 Å². The minimum atomic E-state index is -0.306. The normalized spacial score (nSPS) is 21.0. The lowest BCUT2D eigenvalue weighted by Gasteiger charge is -2.50. The number of Topliss-reactive ketones (excluding diaryl/α,β-unsaturated/α-hetero) is 1. The van der Waals surface area contributed by atoms with Crippen molar-refractivity contribution in [3.8, 4) is 5.75 Å². The molecule has 0 atom stereocenters. The van der Waals surface area contributed by atoms with Gasteiger partial charge in [-0.25, -0.2) is 0 Å². The van der Waals surface area contributed by atoms with E-state index in [2.05, 4.69) is 11.5 Å². The van der Waals surface area contributed by atoms with Gasteiger partial charge in [-0.2, -0.15) is 0 Å². The average Bonchev–Trinajstić information content (AvgIpc) is 2.25. The fourth-order valence-corrected chi connectivity index (χ4v) is 2.44. The molecule has 0 unspecified atom stereocenters. The summed E-state index contributed by atoms with van der Waals surface area (Å²) >= 11 is 0. The van der Waals surface area contributed by atoms with Gasteiger partial charge >= 0.3 is 0 Å². The fraction of sp³-hybridized carbons (Fsp3) is 0.308. The average molecular weight is 215 g/mol. The second-order valence-corrected chi connectivity index (χ2v) is 4.47. The standard InChI is InChI=1S/C13H13NO2/c1-2-14-8-13(9-14)7-11(15)10-5-3-4-6-12(10)16-13/h2-6H,1,7-9H2. The van der Waals surface area contributed by atoms with Crippen LogP contribution >= 0.6 is 0 Å². The molecule has 0 aromatic heterocycles. The molecule has 82 valence electrons. The van der Waals surface area contributed by atoms with Crippen molar-refractivity contribution in [2.75, 3.05) is 13.1 Å². The lowest BCUT2D eigenvalue weighted by molar-refractivity contribution is -0.0589. The molecule has 1 fully saturated rings. The second kappa shape index (κ2) is 3.11. The highest BCUT2D eigenvalue weighted by Crippen LogP contribution is 2.38. The molecule has 0 bridgehead atoms. The molecule has 0 N–H and O–H groups in total. The summed E-state index contributed by atoms with van der Waals surface area (Å²) in [4.78, 5) is 14.0. The number of fused-ring (bicyclic) bond motifs is 1. The number of hydrogen-bond donors (Lipinski definition) is 0. The summed E-state index contributed by atoms with van der Waals surface area (Å²) in [5.41, 5.74) is 0.407. The Bertz CT molecular complexity index is 461. The summed E-state index contributed by atoms with van der Waals surface area (Å²) in [6.07, 6.45) is 2.27. The van der Waals surface area contributed by atoms with Gasteiger partial charge in [0.15, 0.2) is 11.4 Å². The first-order valence-corrected chi connectivity index (χ1v) is 5.40. The molecule has 1 saturated heterocycles. The zero-order valence-corrected chi connectivity index (χ0v) is 8.98. The van der Waals surface area contributed by atoms with Gasteiger partial charge in [0.25, 0.3) is 0 Å². The predicted molar refractivity (Wildman–Crippen MR) is 60.5 cm³/mol. The molecule has 0 amide bonds. The Labute approximate surface area is 94.3 Å². The number of para-hydroxylation sites is 1. The SMILES string of the molecule is C=CN1CC2(CC(=O)c3ccccc3O2)C1. The molecular formula is C13H13NO2. The van der Waals surface area contributed by atoms with Gasteiger partial charge in [-0.05, 0) is 18.3 Å². The monoisotopic (exact) mass is 215 g/mol. The van der Waals surface area contributed by atoms with Gasteiger partial charge in [-0.3, -0.25) is 4.79 Å². The molecule has 0 aliphatic carbocycles. The van der Waals surface area contributed by atoms with E-state index < -0.39 is 0 Å². The van der Waals surface area contributed by atoms with Gasteiger partial charge in [0.1, 0.15) is 5.75 Å². The molecule has 1 spiro atoms. The van der Waals surface area contributed by atoms with Crippen molar-refractivity contribution >= 4 is 5.78 Å². The third-order valence-corrected chi connectivity index (χ3v) is 3.24. The molecule has 16 heavy (non-hydrogen) atoms. The van der Waals surface area contributed by atoms with Gasteiger partial charge in [-0.15, -0.1) is 0 Å². The lowest BCUT2D eigenvalue weighted by Crippen LogP contribution is -2.65. The molecule has 1 aromatic rings. The smallest absolute Gasteiger partial charge is 0.170 e.